The monoisotopic (exact) mass is 327 g/mol. The summed E-state index contributed by atoms with van der Waals surface area (Å²) in [6, 6.07) is 0. The highest BCUT2D eigenvalue weighted by atomic mass is 32.2. The molecule has 1 N–H and O–H groups in total. The summed E-state index contributed by atoms with van der Waals surface area (Å²) >= 11 is 0.882. The molecule has 2 rings (SSSR count). The summed E-state index contributed by atoms with van der Waals surface area (Å²) in [5.74, 6) is -0.405. The third-order valence-electron chi connectivity index (χ3n) is 2.59. The van der Waals surface area contributed by atoms with Crippen LogP contribution in [0.4, 0.5) is 13.2 Å². The maximum atomic E-state index is 12.1. The lowest BCUT2D eigenvalue weighted by molar-refractivity contribution is -0.133. The number of carboxylic acid groups (broad SMARTS) is 1. The van der Waals surface area contributed by atoms with Crippen molar-refractivity contribution >= 4 is 29.5 Å². The van der Waals surface area contributed by atoms with Crippen LogP contribution in [-0.4, -0.2) is 42.9 Å². The Bertz CT molecular complexity index is 489. The summed E-state index contributed by atoms with van der Waals surface area (Å²) in [4.78, 5) is 10.6. The minimum atomic E-state index is -4.26. The quantitative estimate of drug-likeness (QED) is 0.777. The average Bonchev–Trinajstić information content (AvgIpc) is 3.08. The van der Waals surface area contributed by atoms with Crippen molar-refractivity contribution in [2.24, 2.45) is 0 Å². The summed E-state index contributed by atoms with van der Waals surface area (Å²) in [6.45, 7) is 0.130. The molecule has 0 aromatic carbocycles. The molecule has 1 saturated carbocycles. The second-order valence-corrected chi connectivity index (χ2v) is 6.35. The SMILES string of the molecule is O=C(O)CSc1nnc(C2CC2)n1CCSC(F)(F)F. The van der Waals surface area contributed by atoms with E-state index in [-0.39, 0.29) is 35.7 Å². The Morgan fingerprint density at radius 2 is 2.10 bits per heavy atom. The van der Waals surface area contributed by atoms with Gasteiger partial charge in [-0.1, -0.05) is 11.8 Å². The number of alkyl halides is 3. The fraction of sp³-hybridized carbons (Fsp3) is 0.700. The van der Waals surface area contributed by atoms with E-state index in [0.717, 1.165) is 24.6 Å². The highest BCUT2D eigenvalue weighted by Gasteiger charge is 2.32. The Labute approximate surface area is 121 Å². The molecule has 1 aromatic rings. The molecule has 112 valence electrons. The summed E-state index contributed by atoms with van der Waals surface area (Å²) in [5, 5.41) is 16.9. The predicted octanol–water partition coefficient (Wildman–Crippen LogP) is 2.59. The molecule has 1 aromatic heterocycles. The van der Waals surface area contributed by atoms with Crippen molar-refractivity contribution in [1.29, 1.82) is 0 Å². The normalized spacial score (nSPS) is 15.6. The molecule has 5 nitrogen and oxygen atoms in total. The van der Waals surface area contributed by atoms with Gasteiger partial charge in [-0.05, 0) is 24.6 Å². The van der Waals surface area contributed by atoms with Gasteiger partial charge in [0, 0.05) is 18.2 Å². The number of halogens is 3. The lowest BCUT2D eigenvalue weighted by Crippen LogP contribution is -2.11. The molecule has 0 spiro atoms. The number of carboxylic acids is 1. The Morgan fingerprint density at radius 3 is 2.65 bits per heavy atom. The lowest BCUT2D eigenvalue weighted by Gasteiger charge is -2.10. The third kappa shape index (κ3) is 4.58. The molecule has 0 bridgehead atoms. The van der Waals surface area contributed by atoms with E-state index in [4.69, 9.17) is 5.11 Å². The number of aliphatic carboxylic acids is 1. The van der Waals surface area contributed by atoms with E-state index in [1.54, 1.807) is 4.57 Å². The first-order valence-corrected chi connectivity index (χ1v) is 7.82. The van der Waals surface area contributed by atoms with E-state index in [1.807, 2.05) is 0 Å². The van der Waals surface area contributed by atoms with Crippen LogP contribution in [0.15, 0.2) is 5.16 Å². The van der Waals surface area contributed by atoms with Crippen LogP contribution in [0.3, 0.4) is 0 Å². The first kappa shape index (κ1) is 15.5. The van der Waals surface area contributed by atoms with Gasteiger partial charge < -0.3 is 9.67 Å². The van der Waals surface area contributed by atoms with E-state index in [2.05, 4.69) is 10.2 Å². The van der Waals surface area contributed by atoms with Crippen molar-refractivity contribution < 1.29 is 23.1 Å². The molecular formula is C10H12F3N3O2S2. The Balaban J connectivity index is 2.02. The molecule has 0 radical (unpaired) electrons. The number of thioether (sulfide) groups is 2. The van der Waals surface area contributed by atoms with Crippen LogP contribution in [0.2, 0.25) is 0 Å². The number of hydrogen-bond acceptors (Lipinski definition) is 5. The molecule has 10 heteroatoms. The van der Waals surface area contributed by atoms with Gasteiger partial charge in [0.2, 0.25) is 0 Å². The van der Waals surface area contributed by atoms with E-state index in [0.29, 0.717) is 11.0 Å². The summed E-state index contributed by atoms with van der Waals surface area (Å²) in [5.41, 5.74) is -4.26. The van der Waals surface area contributed by atoms with Gasteiger partial charge in [0.25, 0.3) is 0 Å². The summed E-state index contributed by atoms with van der Waals surface area (Å²) < 4.78 is 38.1. The Morgan fingerprint density at radius 1 is 1.40 bits per heavy atom. The number of rotatable bonds is 7. The summed E-state index contributed by atoms with van der Waals surface area (Å²) in [7, 11) is 0. The van der Waals surface area contributed by atoms with Gasteiger partial charge >= 0.3 is 11.5 Å². The molecule has 0 amide bonds. The smallest absolute Gasteiger partial charge is 0.441 e. The first-order valence-electron chi connectivity index (χ1n) is 5.85. The molecule has 1 fully saturated rings. The van der Waals surface area contributed by atoms with E-state index in [9.17, 15) is 18.0 Å². The molecule has 20 heavy (non-hydrogen) atoms. The van der Waals surface area contributed by atoms with Crippen molar-refractivity contribution in [3.8, 4) is 0 Å². The van der Waals surface area contributed by atoms with Crippen LogP contribution in [0.1, 0.15) is 24.6 Å². The molecule has 1 heterocycles. The van der Waals surface area contributed by atoms with Crippen LogP contribution in [0.25, 0.3) is 0 Å². The topological polar surface area (TPSA) is 68.0 Å². The average molecular weight is 327 g/mol. The van der Waals surface area contributed by atoms with Crippen LogP contribution in [-0.2, 0) is 11.3 Å². The molecule has 0 aliphatic heterocycles. The van der Waals surface area contributed by atoms with Crippen LogP contribution in [0, 0.1) is 0 Å². The summed E-state index contributed by atoms with van der Waals surface area (Å²) in [6.07, 6.45) is 1.91. The second kappa shape index (κ2) is 6.25. The number of nitrogens with zero attached hydrogens (tertiary/aromatic N) is 3. The van der Waals surface area contributed by atoms with Crippen molar-refractivity contribution in [1.82, 2.24) is 14.8 Å². The zero-order chi connectivity index (χ0) is 14.8. The van der Waals surface area contributed by atoms with Crippen molar-refractivity contribution in [3.05, 3.63) is 5.82 Å². The zero-order valence-corrected chi connectivity index (χ0v) is 11.9. The molecule has 1 aliphatic carbocycles. The standard InChI is InChI=1S/C10H12F3N3O2S2/c11-10(12,13)20-4-3-16-8(6-1-2-6)14-15-9(16)19-5-7(17)18/h6H,1-5H2,(H,17,18). The molecular weight excluding hydrogens is 315 g/mol. The Hall–Kier alpha value is -0.900. The predicted molar refractivity (Wildman–Crippen MR) is 68.9 cm³/mol. The maximum absolute atomic E-state index is 12.1. The number of aromatic nitrogens is 3. The molecule has 0 atom stereocenters. The van der Waals surface area contributed by atoms with E-state index < -0.39 is 11.5 Å². The van der Waals surface area contributed by atoms with E-state index >= 15 is 0 Å². The van der Waals surface area contributed by atoms with Crippen LogP contribution >= 0.6 is 23.5 Å². The van der Waals surface area contributed by atoms with Crippen molar-refractivity contribution in [3.63, 3.8) is 0 Å². The third-order valence-corrected chi connectivity index (χ3v) is 4.26. The molecule has 1 aliphatic rings. The largest absolute Gasteiger partial charge is 0.481 e. The fourth-order valence-corrected chi connectivity index (χ4v) is 2.84. The second-order valence-electron chi connectivity index (χ2n) is 4.24. The lowest BCUT2D eigenvalue weighted by atomic mass is 10.4. The fourth-order valence-electron chi connectivity index (χ4n) is 1.64. The highest BCUT2D eigenvalue weighted by Crippen LogP contribution is 2.40. The van der Waals surface area contributed by atoms with E-state index in [1.165, 1.54) is 0 Å². The minimum absolute atomic E-state index is 0.0962. The van der Waals surface area contributed by atoms with Crippen molar-refractivity contribution in [2.45, 2.75) is 36.0 Å². The van der Waals surface area contributed by atoms with Gasteiger partial charge in [-0.15, -0.1) is 10.2 Å². The van der Waals surface area contributed by atoms with Gasteiger partial charge in [-0.25, -0.2) is 0 Å². The van der Waals surface area contributed by atoms with Crippen LogP contribution in [0.5, 0.6) is 0 Å². The van der Waals surface area contributed by atoms with Gasteiger partial charge in [0.05, 0.1) is 5.75 Å². The van der Waals surface area contributed by atoms with Gasteiger partial charge in [-0.3, -0.25) is 4.79 Å². The zero-order valence-electron chi connectivity index (χ0n) is 10.3. The minimum Gasteiger partial charge on any atom is -0.481 e. The van der Waals surface area contributed by atoms with Gasteiger partial charge in [0.15, 0.2) is 5.16 Å². The molecule has 0 saturated heterocycles. The maximum Gasteiger partial charge on any atom is 0.441 e. The van der Waals surface area contributed by atoms with Crippen LogP contribution < -0.4 is 0 Å². The first-order chi connectivity index (χ1) is 9.37. The highest BCUT2D eigenvalue weighted by molar-refractivity contribution is 8.00. The Kier molecular flexibility index (Phi) is 4.84. The van der Waals surface area contributed by atoms with Crippen molar-refractivity contribution in [2.75, 3.05) is 11.5 Å². The number of hydrogen-bond donors (Lipinski definition) is 1. The van der Waals surface area contributed by atoms with Gasteiger partial charge in [-0.2, -0.15) is 13.2 Å². The molecule has 0 unspecified atom stereocenters. The van der Waals surface area contributed by atoms with Gasteiger partial charge in [0.1, 0.15) is 5.82 Å². The number of carbonyl (C=O) groups is 1.